The fourth-order valence-electron chi connectivity index (χ4n) is 2.31. The zero-order valence-electron chi connectivity index (χ0n) is 14.1. The molecule has 25 heavy (non-hydrogen) atoms. The largest absolute Gasteiger partial charge is 0.348 e. The van der Waals surface area contributed by atoms with Crippen molar-refractivity contribution < 1.29 is 13.2 Å². The first-order chi connectivity index (χ1) is 11.9. The van der Waals surface area contributed by atoms with Crippen LogP contribution in [0.25, 0.3) is 0 Å². The van der Waals surface area contributed by atoms with Gasteiger partial charge in [0.1, 0.15) is 0 Å². The summed E-state index contributed by atoms with van der Waals surface area (Å²) in [6, 6.07) is 8.22. The first-order valence-corrected chi connectivity index (χ1v) is 10.1. The van der Waals surface area contributed by atoms with Crippen molar-refractivity contribution in [1.29, 1.82) is 0 Å². The van der Waals surface area contributed by atoms with Crippen LogP contribution in [0.3, 0.4) is 0 Å². The monoisotopic (exact) mass is 425 g/mol. The second-order valence-corrected chi connectivity index (χ2v) is 8.16. The molecule has 134 valence electrons. The molecular weight excluding hydrogens is 406 g/mol. The van der Waals surface area contributed by atoms with Gasteiger partial charge in [0.05, 0.1) is 10.5 Å². The first kappa shape index (κ1) is 19.6. The minimum Gasteiger partial charge on any atom is -0.348 e. The molecule has 0 aliphatic rings. The number of rotatable bonds is 7. The van der Waals surface area contributed by atoms with Gasteiger partial charge in [0.2, 0.25) is 10.0 Å². The maximum Gasteiger partial charge on any atom is 0.253 e. The van der Waals surface area contributed by atoms with E-state index in [4.69, 9.17) is 0 Å². The molecule has 0 aliphatic heterocycles. The van der Waals surface area contributed by atoms with Gasteiger partial charge >= 0.3 is 0 Å². The molecule has 0 saturated carbocycles. The highest BCUT2D eigenvalue weighted by Crippen LogP contribution is 2.16. The second-order valence-electron chi connectivity index (χ2n) is 5.31. The van der Waals surface area contributed by atoms with Crippen LogP contribution in [0.5, 0.6) is 0 Å². The smallest absolute Gasteiger partial charge is 0.253 e. The van der Waals surface area contributed by atoms with E-state index < -0.39 is 10.0 Å². The van der Waals surface area contributed by atoms with E-state index in [1.807, 2.05) is 13.8 Å². The lowest BCUT2D eigenvalue weighted by atomic mass is 10.2. The highest BCUT2D eigenvalue weighted by molar-refractivity contribution is 9.10. The Hall–Kier alpha value is -1.77. The van der Waals surface area contributed by atoms with E-state index in [9.17, 15) is 13.2 Å². The normalized spacial score (nSPS) is 11.5. The minimum atomic E-state index is -3.46. The molecule has 0 aliphatic carbocycles. The lowest BCUT2D eigenvalue weighted by molar-refractivity contribution is 0.0950. The van der Waals surface area contributed by atoms with Gasteiger partial charge in [0.25, 0.3) is 5.91 Å². The van der Waals surface area contributed by atoms with E-state index in [0.29, 0.717) is 25.2 Å². The van der Waals surface area contributed by atoms with Gasteiger partial charge in [-0.3, -0.25) is 9.78 Å². The van der Waals surface area contributed by atoms with Crippen LogP contribution in [0.4, 0.5) is 0 Å². The van der Waals surface area contributed by atoms with Gasteiger partial charge in [0.15, 0.2) is 0 Å². The maximum atomic E-state index is 12.4. The molecule has 0 spiro atoms. The highest BCUT2D eigenvalue weighted by Gasteiger charge is 2.21. The van der Waals surface area contributed by atoms with Crippen LogP contribution >= 0.6 is 15.9 Å². The fraction of sp³-hybridized carbons (Fsp3) is 0.294. The van der Waals surface area contributed by atoms with E-state index in [1.54, 1.807) is 36.5 Å². The van der Waals surface area contributed by atoms with Gasteiger partial charge in [-0.1, -0.05) is 26.0 Å². The van der Waals surface area contributed by atoms with Crippen LogP contribution in [0.15, 0.2) is 52.1 Å². The number of pyridine rings is 1. The summed E-state index contributed by atoms with van der Waals surface area (Å²) < 4.78 is 27.0. The van der Waals surface area contributed by atoms with E-state index in [1.165, 1.54) is 10.5 Å². The molecule has 1 amide bonds. The number of halogens is 1. The lowest BCUT2D eigenvalue weighted by Crippen LogP contribution is -2.30. The minimum absolute atomic E-state index is 0.242. The van der Waals surface area contributed by atoms with Crippen LogP contribution in [0.2, 0.25) is 0 Å². The molecule has 0 unspecified atom stereocenters. The zero-order valence-corrected chi connectivity index (χ0v) is 16.5. The average Bonchev–Trinajstić information content (AvgIpc) is 2.61. The van der Waals surface area contributed by atoms with Crippen molar-refractivity contribution in [2.24, 2.45) is 0 Å². The van der Waals surface area contributed by atoms with Crippen molar-refractivity contribution in [2.75, 3.05) is 13.1 Å². The second kappa shape index (κ2) is 8.55. The Morgan fingerprint density at radius 3 is 2.36 bits per heavy atom. The molecule has 1 N–H and O–H groups in total. The van der Waals surface area contributed by atoms with Crippen LogP contribution in [-0.2, 0) is 16.6 Å². The first-order valence-electron chi connectivity index (χ1n) is 7.86. The summed E-state index contributed by atoms with van der Waals surface area (Å²) in [5.41, 5.74) is 1.27. The summed E-state index contributed by atoms with van der Waals surface area (Å²) in [7, 11) is -3.46. The van der Waals surface area contributed by atoms with Gasteiger partial charge in [-0.05, 0) is 39.7 Å². The van der Waals surface area contributed by atoms with Crippen molar-refractivity contribution in [3.8, 4) is 0 Å². The molecule has 6 nitrogen and oxygen atoms in total. The SMILES string of the molecule is CCN(CC)S(=O)(=O)c1ccc(CNC(=O)c2cncc(Br)c2)cc1. The number of amides is 1. The molecule has 0 bridgehead atoms. The molecule has 0 radical (unpaired) electrons. The number of benzene rings is 1. The third-order valence-corrected chi connectivity index (χ3v) is 6.18. The fourth-order valence-corrected chi connectivity index (χ4v) is 4.14. The van der Waals surface area contributed by atoms with Crippen LogP contribution in [0.1, 0.15) is 29.8 Å². The molecule has 0 fully saturated rings. The number of hydrogen-bond acceptors (Lipinski definition) is 4. The number of aromatic nitrogens is 1. The molecule has 0 saturated heterocycles. The predicted octanol–water partition coefficient (Wildman–Crippen LogP) is 2.80. The third-order valence-electron chi connectivity index (χ3n) is 3.69. The molecule has 1 heterocycles. The molecule has 0 atom stereocenters. The molecule has 2 rings (SSSR count). The highest BCUT2D eigenvalue weighted by atomic mass is 79.9. The van der Waals surface area contributed by atoms with E-state index in [2.05, 4.69) is 26.2 Å². The lowest BCUT2D eigenvalue weighted by Gasteiger charge is -2.18. The standard InChI is InChI=1S/C17H20BrN3O3S/c1-3-21(4-2)25(23,24)16-7-5-13(6-8-16)10-20-17(22)14-9-15(18)12-19-11-14/h5-9,11-12H,3-4,10H2,1-2H3,(H,20,22). The number of hydrogen-bond donors (Lipinski definition) is 1. The van der Waals surface area contributed by atoms with Gasteiger partial charge < -0.3 is 5.32 Å². The Kier molecular flexibility index (Phi) is 6.69. The van der Waals surface area contributed by atoms with Gasteiger partial charge in [0, 0.05) is 36.5 Å². The predicted molar refractivity (Wildman–Crippen MR) is 99.7 cm³/mol. The quantitative estimate of drug-likeness (QED) is 0.739. The summed E-state index contributed by atoms with van der Waals surface area (Å²) in [5.74, 6) is -0.242. The molecule has 2 aromatic rings. The van der Waals surface area contributed by atoms with Crippen LogP contribution < -0.4 is 5.32 Å². The Morgan fingerprint density at radius 2 is 1.80 bits per heavy atom. The van der Waals surface area contributed by atoms with Gasteiger partial charge in [-0.2, -0.15) is 4.31 Å². The van der Waals surface area contributed by atoms with E-state index in [0.717, 1.165) is 10.0 Å². The third kappa shape index (κ3) is 4.87. The van der Waals surface area contributed by atoms with Crippen LogP contribution in [-0.4, -0.2) is 36.7 Å². The summed E-state index contributed by atoms with van der Waals surface area (Å²) in [6.07, 6.45) is 3.09. The van der Waals surface area contributed by atoms with Crippen molar-refractivity contribution in [1.82, 2.24) is 14.6 Å². The topological polar surface area (TPSA) is 79.4 Å². The Morgan fingerprint density at radius 1 is 1.16 bits per heavy atom. The van der Waals surface area contributed by atoms with Gasteiger partial charge in [-0.25, -0.2) is 8.42 Å². The van der Waals surface area contributed by atoms with Crippen molar-refractivity contribution >= 4 is 31.9 Å². The summed E-state index contributed by atoms with van der Waals surface area (Å²) >= 11 is 3.27. The number of nitrogens with zero attached hydrogens (tertiary/aromatic N) is 2. The number of carbonyl (C=O) groups is 1. The Bertz CT molecular complexity index is 834. The van der Waals surface area contributed by atoms with E-state index in [-0.39, 0.29) is 10.8 Å². The van der Waals surface area contributed by atoms with E-state index >= 15 is 0 Å². The summed E-state index contributed by atoms with van der Waals surface area (Å²) in [4.78, 5) is 16.3. The average molecular weight is 426 g/mol. The maximum absolute atomic E-state index is 12.4. The summed E-state index contributed by atoms with van der Waals surface area (Å²) in [6.45, 7) is 4.77. The van der Waals surface area contributed by atoms with Crippen molar-refractivity contribution in [3.05, 3.63) is 58.3 Å². The number of carbonyl (C=O) groups excluding carboxylic acids is 1. The van der Waals surface area contributed by atoms with Gasteiger partial charge in [-0.15, -0.1) is 0 Å². The Balaban J connectivity index is 2.04. The number of nitrogens with one attached hydrogen (secondary N) is 1. The van der Waals surface area contributed by atoms with Crippen molar-refractivity contribution in [2.45, 2.75) is 25.3 Å². The Labute approximate surface area is 156 Å². The molecule has 1 aromatic carbocycles. The molecular formula is C17H20BrN3O3S. The molecule has 8 heteroatoms. The number of sulfonamides is 1. The zero-order chi connectivity index (χ0) is 18.4. The summed E-state index contributed by atoms with van der Waals surface area (Å²) in [5, 5.41) is 2.79. The molecule has 1 aromatic heterocycles. The van der Waals surface area contributed by atoms with Crippen LogP contribution in [0, 0.1) is 0 Å². The van der Waals surface area contributed by atoms with Crippen molar-refractivity contribution in [3.63, 3.8) is 0 Å².